The van der Waals surface area contributed by atoms with E-state index in [-0.39, 0.29) is 11.8 Å². The number of carbonyl (C=O) groups excluding carboxylic acids is 2. The highest BCUT2D eigenvalue weighted by Crippen LogP contribution is 2.18. The average molecular weight is 312 g/mol. The summed E-state index contributed by atoms with van der Waals surface area (Å²) in [7, 11) is 0. The minimum Gasteiger partial charge on any atom is -0.481 e. The molecule has 0 saturated heterocycles. The zero-order valence-corrected chi connectivity index (χ0v) is 13.4. The lowest BCUT2D eigenvalue weighted by atomic mass is 10.2. The highest BCUT2D eigenvalue weighted by atomic mass is 16.5. The fourth-order valence-corrected chi connectivity index (χ4v) is 2.04. The maximum atomic E-state index is 12.1. The first-order valence-corrected chi connectivity index (χ1v) is 7.36. The lowest BCUT2D eigenvalue weighted by Gasteiger charge is -2.15. The van der Waals surface area contributed by atoms with Crippen LogP contribution in [0.3, 0.4) is 0 Å². The van der Waals surface area contributed by atoms with Crippen LogP contribution in [0.15, 0.2) is 48.5 Å². The predicted octanol–water partition coefficient (Wildman–Crippen LogP) is 3.36. The number of benzene rings is 2. The first-order valence-electron chi connectivity index (χ1n) is 7.36. The summed E-state index contributed by atoms with van der Waals surface area (Å²) in [4.78, 5) is 23.1. The molecule has 0 spiro atoms. The Morgan fingerprint density at radius 3 is 2.30 bits per heavy atom. The summed E-state index contributed by atoms with van der Waals surface area (Å²) in [5.41, 5.74) is 2.50. The van der Waals surface area contributed by atoms with Crippen LogP contribution < -0.4 is 15.4 Å². The van der Waals surface area contributed by atoms with Gasteiger partial charge in [0.1, 0.15) is 5.75 Å². The number of amides is 2. The van der Waals surface area contributed by atoms with Crippen LogP contribution in [0.4, 0.5) is 11.4 Å². The summed E-state index contributed by atoms with van der Waals surface area (Å²) in [6, 6.07) is 14.4. The van der Waals surface area contributed by atoms with Gasteiger partial charge in [-0.2, -0.15) is 0 Å². The van der Waals surface area contributed by atoms with Crippen molar-refractivity contribution < 1.29 is 14.3 Å². The van der Waals surface area contributed by atoms with E-state index in [9.17, 15) is 9.59 Å². The molecule has 0 fully saturated rings. The molecule has 0 bridgehead atoms. The van der Waals surface area contributed by atoms with Crippen molar-refractivity contribution in [2.75, 3.05) is 10.6 Å². The minimum atomic E-state index is -0.637. The lowest BCUT2D eigenvalue weighted by molar-refractivity contribution is -0.122. The zero-order chi connectivity index (χ0) is 16.8. The van der Waals surface area contributed by atoms with Gasteiger partial charge in [0.2, 0.25) is 5.91 Å². The number of ether oxygens (including phenoxy) is 1. The van der Waals surface area contributed by atoms with Crippen molar-refractivity contribution >= 4 is 23.2 Å². The second-order valence-electron chi connectivity index (χ2n) is 5.32. The SMILES string of the molecule is CC(=O)Nc1ccc(O[C@H](C)C(=O)Nc2cccc(C)c2)cc1. The van der Waals surface area contributed by atoms with E-state index in [4.69, 9.17) is 4.74 Å². The third kappa shape index (κ3) is 5.14. The molecule has 2 amide bonds. The van der Waals surface area contributed by atoms with Crippen molar-refractivity contribution in [2.45, 2.75) is 26.9 Å². The van der Waals surface area contributed by atoms with Crippen LogP contribution in [0.25, 0.3) is 0 Å². The summed E-state index contributed by atoms with van der Waals surface area (Å²) >= 11 is 0. The van der Waals surface area contributed by atoms with E-state index in [1.165, 1.54) is 6.92 Å². The van der Waals surface area contributed by atoms with Crippen molar-refractivity contribution in [3.8, 4) is 5.75 Å². The number of hydrogen-bond acceptors (Lipinski definition) is 3. The van der Waals surface area contributed by atoms with Gasteiger partial charge in [-0.1, -0.05) is 12.1 Å². The quantitative estimate of drug-likeness (QED) is 0.889. The predicted molar refractivity (Wildman–Crippen MR) is 90.6 cm³/mol. The summed E-state index contributed by atoms with van der Waals surface area (Å²) < 4.78 is 5.61. The maximum Gasteiger partial charge on any atom is 0.265 e. The van der Waals surface area contributed by atoms with Crippen molar-refractivity contribution in [3.05, 3.63) is 54.1 Å². The third-order valence-electron chi connectivity index (χ3n) is 3.14. The first-order chi connectivity index (χ1) is 10.9. The molecule has 5 nitrogen and oxygen atoms in total. The maximum absolute atomic E-state index is 12.1. The Kier molecular flexibility index (Phi) is 5.36. The second kappa shape index (κ2) is 7.45. The number of hydrogen-bond donors (Lipinski definition) is 2. The van der Waals surface area contributed by atoms with Gasteiger partial charge < -0.3 is 15.4 Å². The van der Waals surface area contributed by atoms with Crippen LogP contribution in [-0.2, 0) is 9.59 Å². The van der Waals surface area contributed by atoms with E-state index in [2.05, 4.69) is 10.6 Å². The molecule has 0 aliphatic rings. The average Bonchev–Trinajstić information content (AvgIpc) is 2.48. The molecule has 0 aromatic heterocycles. The van der Waals surface area contributed by atoms with Crippen LogP contribution >= 0.6 is 0 Å². The van der Waals surface area contributed by atoms with Gasteiger partial charge in [0.05, 0.1) is 0 Å². The molecule has 1 atom stereocenters. The van der Waals surface area contributed by atoms with E-state index in [0.29, 0.717) is 11.4 Å². The molecule has 0 heterocycles. The molecule has 2 aromatic carbocycles. The van der Waals surface area contributed by atoms with Gasteiger partial charge in [0.25, 0.3) is 5.91 Å². The van der Waals surface area contributed by atoms with Crippen molar-refractivity contribution in [2.24, 2.45) is 0 Å². The van der Waals surface area contributed by atoms with E-state index in [0.717, 1.165) is 11.3 Å². The van der Waals surface area contributed by atoms with Gasteiger partial charge in [-0.25, -0.2) is 0 Å². The fraction of sp³-hybridized carbons (Fsp3) is 0.222. The minimum absolute atomic E-state index is 0.135. The zero-order valence-electron chi connectivity index (χ0n) is 13.4. The smallest absolute Gasteiger partial charge is 0.265 e. The van der Waals surface area contributed by atoms with Crippen LogP contribution in [0, 0.1) is 6.92 Å². The van der Waals surface area contributed by atoms with E-state index >= 15 is 0 Å². The second-order valence-corrected chi connectivity index (χ2v) is 5.32. The molecule has 0 saturated carbocycles. The highest BCUT2D eigenvalue weighted by molar-refractivity contribution is 5.94. The summed E-state index contributed by atoms with van der Waals surface area (Å²) in [5.74, 6) is 0.206. The molecule has 0 aliphatic heterocycles. The lowest BCUT2D eigenvalue weighted by Crippen LogP contribution is -2.30. The molecule has 0 aliphatic carbocycles. The Balaban J connectivity index is 1.94. The van der Waals surface area contributed by atoms with Gasteiger partial charge in [0.15, 0.2) is 6.10 Å². The van der Waals surface area contributed by atoms with E-state index in [1.807, 2.05) is 31.2 Å². The molecule has 5 heteroatoms. The Morgan fingerprint density at radius 1 is 1.00 bits per heavy atom. The van der Waals surface area contributed by atoms with E-state index < -0.39 is 6.10 Å². The first kappa shape index (κ1) is 16.5. The Bertz CT molecular complexity index is 696. The molecule has 0 radical (unpaired) electrons. The largest absolute Gasteiger partial charge is 0.481 e. The van der Waals surface area contributed by atoms with Gasteiger partial charge in [-0.15, -0.1) is 0 Å². The van der Waals surface area contributed by atoms with Crippen LogP contribution in [-0.4, -0.2) is 17.9 Å². The topological polar surface area (TPSA) is 67.4 Å². The van der Waals surface area contributed by atoms with Gasteiger partial charge in [-0.05, 0) is 55.8 Å². The molecule has 2 aromatic rings. The number of anilines is 2. The number of nitrogens with one attached hydrogen (secondary N) is 2. The van der Waals surface area contributed by atoms with Crippen molar-refractivity contribution in [1.82, 2.24) is 0 Å². The van der Waals surface area contributed by atoms with Crippen LogP contribution in [0.1, 0.15) is 19.4 Å². The number of carbonyl (C=O) groups is 2. The Hall–Kier alpha value is -2.82. The Labute approximate surface area is 135 Å². The molecular weight excluding hydrogens is 292 g/mol. The molecule has 2 rings (SSSR count). The number of rotatable bonds is 5. The normalized spacial score (nSPS) is 11.4. The van der Waals surface area contributed by atoms with Gasteiger partial charge >= 0.3 is 0 Å². The van der Waals surface area contributed by atoms with Crippen molar-refractivity contribution in [3.63, 3.8) is 0 Å². The monoisotopic (exact) mass is 312 g/mol. The third-order valence-corrected chi connectivity index (χ3v) is 3.14. The summed E-state index contributed by atoms with van der Waals surface area (Å²) in [6.07, 6.45) is -0.637. The summed E-state index contributed by atoms with van der Waals surface area (Å²) in [6.45, 7) is 5.10. The Morgan fingerprint density at radius 2 is 1.70 bits per heavy atom. The molecule has 23 heavy (non-hydrogen) atoms. The van der Waals surface area contributed by atoms with Crippen molar-refractivity contribution in [1.29, 1.82) is 0 Å². The van der Waals surface area contributed by atoms with Crippen LogP contribution in [0.2, 0.25) is 0 Å². The van der Waals surface area contributed by atoms with E-state index in [1.54, 1.807) is 31.2 Å². The highest BCUT2D eigenvalue weighted by Gasteiger charge is 2.15. The number of aryl methyl sites for hydroxylation is 1. The fourth-order valence-electron chi connectivity index (χ4n) is 2.04. The van der Waals surface area contributed by atoms with Gasteiger partial charge in [0, 0.05) is 18.3 Å². The standard InChI is InChI=1S/C18H20N2O3/c1-12-5-4-6-16(11-12)20-18(22)13(2)23-17-9-7-15(8-10-17)19-14(3)21/h4-11,13H,1-3H3,(H,19,21)(H,20,22)/t13-/m1/s1. The molecule has 0 unspecified atom stereocenters. The molecule has 2 N–H and O–H groups in total. The summed E-state index contributed by atoms with van der Waals surface area (Å²) in [5, 5.41) is 5.49. The molecule has 120 valence electrons. The van der Waals surface area contributed by atoms with Crippen LogP contribution in [0.5, 0.6) is 5.75 Å². The molecular formula is C18H20N2O3. The van der Waals surface area contributed by atoms with Gasteiger partial charge in [-0.3, -0.25) is 9.59 Å².